The lowest BCUT2D eigenvalue weighted by Crippen LogP contribution is -2.26. The number of nitriles is 1. The lowest BCUT2D eigenvalue weighted by Gasteiger charge is -2.18. The van der Waals surface area contributed by atoms with E-state index >= 15 is 0 Å². The first-order valence-electron chi connectivity index (χ1n) is 6.38. The number of carboxylic acid groups (broad SMARTS) is 1. The number of aryl methyl sites for hydroxylation is 2. The van der Waals surface area contributed by atoms with Gasteiger partial charge in [-0.1, -0.05) is 0 Å². The average Bonchev–Trinajstić information content (AvgIpc) is 3.10. The fourth-order valence-electron chi connectivity index (χ4n) is 2.28. The highest BCUT2D eigenvalue weighted by Gasteiger charge is 2.33. The molecule has 5 heteroatoms. The van der Waals surface area contributed by atoms with Crippen molar-refractivity contribution in [3.05, 3.63) is 22.9 Å². The molecule has 1 heterocycles. The topological polar surface area (TPSA) is 86.0 Å². The first-order valence-corrected chi connectivity index (χ1v) is 6.38. The van der Waals surface area contributed by atoms with Crippen molar-refractivity contribution >= 4 is 11.8 Å². The van der Waals surface area contributed by atoms with Crippen LogP contribution in [0.25, 0.3) is 0 Å². The number of carboxylic acids is 1. The van der Waals surface area contributed by atoms with Crippen molar-refractivity contribution in [3.8, 4) is 6.07 Å². The molecular weight excluding hydrogens is 242 g/mol. The van der Waals surface area contributed by atoms with Crippen LogP contribution in [0.2, 0.25) is 0 Å². The minimum Gasteiger partial charge on any atom is -0.481 e. The number of hydrogen-bond donors (Lipinski definition) is 2. The van der Waals surface area contributed by atoms with Gasteiger partial charge in [0.2, 0.25) is 0 Å². The SMILES string of the molecule is Cc1cc(C)c(C#N)c(NC(CC(=O)O)C2CC2)n1. The Morgan fingerprint density at radius 3 is 2.84 bits per heavy atom. The van der Waals surface area contributed by atoms with Crippen molar-refractivity contribution in [3.63, 3.8) is 0 Å². The summed E-state index contributed by atoms with van der Waals surface area (Å²) in [7, 11) is 0. The van der Waals surface area contributed by atoms with Gasteiger partial charge < -0.3 is 10.4 Å². The van der Waals surface area contributed by atoms with Gasteiger partial charge in [-0.2, -0.15) is 5.26 Å². The molecule has 0 saturated heterocycles. The van der Waals surface area contributed by atoms with Crippen molar-refractivity contribution in [1.29, 1.82) is 5.26 Å². The van der Waals surface area contributed by atoms with Crippen molar-refractivity contribution in [2.24, 2.45) is 5.92 Å². The summed E-state index contributed by atoms with van der Waals surface area (Å²) in [5.74, 6) is 0.0655. The number of nitrogens with zero attached hydrogens (tertiary/aromatic N) is 2. The van der Waals surface area contributed by atoms with Gasteiger partial charge in [-0.05, 0) is 44.2 Å². The van der Waals surface area contributed by atoms with E-state index in [1.165, 1.54) is 0 Å². The number of pyridine rings is 1. The molecule has 1 fully saturated rings. The van der Waals surface area contributed by atoms with E-state index in [1.807, 2.05) is 19.9 Å². The highest BCUT2D eigenvalue weighted by Crippen LogP contribution is 2.36. The average molecular weight is 259 g/mol. The van der Waals surface area contributed by atoms with Crippen LogP contribution in [0.15, 0.2) is 6.07 Å². The van der Waals surface area contributed by atoms with E-state index in [0.717, 1.165) is 24.1 Å². The van der Waals surface area contributed by atoms with Gasteiger partial charge in [-0.15, -0.1) is 0 Å². The van der Waals surface area contributed by atoms with Gasteiger partial charge >= 0.3 is 5.97 Å². The molecule has 1 unspecified atom stereocenters. The van der Waals surface area contributed by atoms with Crippen LogP contribution in [-0.2, 0) is 4.79 Å². The molecule has 1 aliphatic rings. The van der Waals surface area contributed by atoms with E-state index in [-0.39, 0.29) is 12.5 Å². The maximum Gasteiger partial charge on any atom is 0.305 e. The summed E-state index contributed by atoms with van der Waals surface area (Å²) in [6, 6.07) is 3.85. The van der Waals surface area contributed by atoms with Crippen LogP contribution in [0.5, 0.6) is 0 Å². The van der Waals surface area contributed by atoms with Crippen LogP contribution >= 0.6 is 0 Å². The van der Waals surface area contributed by atoms with Crippen molar-refractivity contribution < 1.29 is 9.90 Å². The molecule has 100 valence electrons. The fraction of sp³-hybridized carbons (Fsp3) is 0.500. The third-order valence-electron chi connectivity index (χ3n) is 3.36. The second-order valence-corrected chi connectivity index (χ2v) is 5.10. The Labute approximate surface area is 112 Å². The van der Waals surface area contributed by atoms with Gasteiger partial charge in [-0.25, -0.2) is 4.98 Å². The molecule has 0 aromatic carbocycles. The number of rotatable bonds is 5. The van der Waals surface area contributed by atoms with Gasteiger partial charge in [0, 0.05) is 11.7 Å². The summed E-state index contributed by atoms with van der Waals surface area (Å²) in [4.78, 5) is 15.2. The minimum absolute atomic E-state index is 0.0597. The minimum atomic E-state index is -0.827. The normalized spacial score (nSPS) is 15.6. The summed E-state index contributed by atoms with van der Waals surface area (Å²) in [6.07, 6.45) is 2.14. The van der Waals surface area contributed by atoms with Gasteiger partial charge in [0.25, 0.3) is 0 Å². The molecule has 0 bridgehead atoms. The van der Waals surface area contributed by atoms with Gasteiger partial charge in [0.1, 0.15) is 11.9 Å². The van der Waals surface area contributed by atoms with E-state index in [1.54, 1.807) is 0 Å². The predicted molar refractivity (Wildman–Crippen MR) is 70.8 cm³/mol. The van der Waals surface area contributed by atoms with Gasteiger partial charge in [0.15, 0.2) is 0 Å². The fourth-order valence-corrected chi connectivity index (χ4v) is 2.28. The maximum atomic E-state index is 10.9. The van der Waals surface area contributed by atoms with E-state index in [9.17, 15) is 10.1 Å². The number of aromatic nitrogens is 1. The highest BCUT2D eigenvalue weighted by atomic mass is 16.4. The number of anilines is 1. The molecule has 1 atom stereocenters. The lowest BCUT2D eigenvalue weighted by atomic mass is 10.1. The molecule has 0 aliphatic heterocycles. The molecule has 2 rings (SSSR count). The number of carbonyl (C=O) groups is 1. The summed E-state index contributed by atoms with van der Waals surface area (Å²) in [5.41, 5.74) is 2.19. The molecule has 19 heavy (non-hydrogen) atoms. The Kier molecular flexibility index (Phi) is 3.70. The molecule has 2 N–H and O–H groups in total. The van der Waals surface area contributed by atoms with Crippen LogP contribution in [0, 0.1) is 31.1 Å². The Morgan fingerprint density at radius 2 is 2.32 bits per heavy atom. The first kappa shape index (κ1) is 13.3. The van der Waals surface area contributed by atoms with E-state index in [0.29, 0.717) is 17.3 Å². The third-order valence-corrected chi connectivity index (χ3v) is 3.36. The molecule has 0 amide bonds. The van der Waals surface area contributed by atoms with Crippen LogP contribution < -0.4 is 5.32 Å². The second kappa shape index (κ2) is 5.27. The predicted octanol–water partition coefficient (Wildman–Crippen LogP) is 2.24. The van der Waals surface area contributed by atoms with Gasteiger partial charge in [0.05, 0.1) is 12.0 Å². The molecule has 1 aliphatic carbocycles. The number of nitrogens with one attached hydrogen (secondary N) is 1. The monoisotopic (exact) mass is 259 g/mol. The zero-order chi connectivity index (χ0) is 14.0. The Morgan fingerprint density at radius 1 is 1.63 bits per heavy atom. The van der Waals surface area contributed by atoms with Crippen molar-refractivity contribution in [1.82, 2.24) is 4.98 Å². The molecular formula is C14H17N3O2. The molecule has 1 aromatic rings. The standard InChI is InChI=1S/C14H17N3O2/c1-8-5-9(2)16-14(11(8)7-15)17-12(6-13(18)19)10-3-4-10/h5,10,12H,3-4,6H2,1-2H3,(H,16,17)(H,18,19). The molecule has 0 spiro atoms. The maximum absolute atomic E-state index is 10.9. The third kappa shape index (κ3) is 3.22. The molecule has 1 aromatic heterocycles. The number of aliphatic carboxylic acids is 1. The largest absolute Gasteiger partial charge is 0.481 e. The van der Waals surface area contributed by atoms with Gasteiger partial charge in [-0.3, -0.25) is 4.79 Å². The first-order chi connectivity index (χ1) is 9.01. The molecule has 5 nitrogen and oxygen atoms in total. The van der Waals surface area contributed by atoms with E-state index < -0.39 is 5.97 Å². The number of hydrogen-bond acceptors (Lipinski definition) is 4. The van der Waals surface area contributed by atoms with E-state index in [2.05, 4.69) is 16.4 Å². The van der Waals surface area contributed by atoms with Crippen molar-refractivity contribution in [2.75, 3.05) is 5.32 Å². The highest BCUT2D eigenvalue weighted by molar-refractivity contribution is 5.69. The Bertz CT molecular complexity index is 544. The van der Waals surface area contributed by atoms with E-state index in [4.69, 9.17) is 5.11 Å². The van der Waals surface area contributed by atoms with Crippen molar-refractivity contribution in [2.45, 2.75) is 39.2 Å². The quantitative estimate of drug-likeness (QED) is 0.846. The Balaban J connectivity index is 2.25. The van der Waals surface area contributed by atoms with Crippen LogP contribution in [0.3, 0.4) is 0 Å². The summed E-state index contributed by atoms with van der Waals surface area (Å²) >= 11 is 0. The van der Waals surface area contributed by atoms with Crippen LogP contribution in [0.4, 0.5) is 5.82 Å². The lowest BCUT2D eigenvalue weighted by molar-refractivity contribution is -0.137. The Hall–Kier alpha value is -2.09. The molecule has 1 saturated carbocycles. The van der Waals surface area contributed by atoms with Crippen LogP contribution in [-0.4, -0.2) is 22.1 Å². The summed E-state index contributed by atoms with van der Waals surface area (Å²) in [5, 5.41) is 21.3. The molecule has 0 radical (unpaired) electrons. The zero-order valence-electron chi connectivity index (χ0n) is 11.1. The smallest absolute Gasteiger partial charge is 0.305 e. The second-order valence-electron chi connectivity index (χ2n) is 5.10. The zero-order valence-corrected chi connectivity index (χ0v) is 11.1. The summed E-state index contributed by atoms with van der Waals surface area (Å²) < 4.78 is 0. The summed E-state index contributed by atoms with van der Waals surface area (Å²) in [6.45, 7) is 3.73. The van der Waals surface area contributed by atoms with Crippen LogP contribution in [0.1, 0.15) is 36.1 Å².